The van der Waals surface area contributed by atoms with Crippen molar-refractivity contribution < 1.29 is 28.9 Å². The molecule has 2 amide bonds. The highest BCUT2D eigenvalue weighted by atomic mass is 32.1. The van der Waals surface area contributed by atoms with Gasteiger partial charge in [-0.1, -0.05) is 24.3 Å². The van der Waals surface area contributed by atoms with Crippen LogP contribution in [0.5, 0.6) is 0 Å². The molecule has 0 atom stereocenters. The number of carbonyl (C=O) groups is 2. The molecule has 0 saturated carbocycles. The van der Waals surface area contributed by atoms with Gasteiger partial charge in [0.15, 0.2) is 0 Å². The van der Waals surface area contributed by atoms with Crippen molar-refractivity contribution >= 4 is 44.9 Å². The quantitative estimate of drug-likeness (QED) is 0.231. The zero-order valence-electron chi connectivity index (χ0n) is 22.2. The van der Waals surface area contributed by atoms with E-state index in [2.05, 4.69) is 10.6 Å². The molecule has 0 radical (unpaired) electrons. The van der Waals surface area contributed by atoms with Crippen LogP contribution in [0.3, 0.4) is 0 Å². The Hall–Kier alpha value is -4.52. The van der Waals surface area contributed by atoms with Gasteiger partial charge < -0.3 is 9.47 Å². The Balaban J connectivity index is 2.01. The SMILES string of the molecule is CC(C)(C)OC(=O)Nc1ccc(-c2c([N+](=O)[O-])sc([N+](=O)[O-])c2-c2ccc(NC(=O)OC(C)(C)C)cc2)cc1. The van der Waals surface area contributed by atoms with Gasteiger partial charge in [-0.25, -0.2) is 9.59 Å². The minimum absolute atomic E-state index is 0.0633. The molecule has 0 spiro atoms. The summed E-state index contributed by atoms with van der Waals surface area (Å²) in [5.41, 5.74) is 0.152. The van der Waals surface area contributed by atoms with E-state index in [0.29, 0.717) is 33.8 Å². The monoisotopic (exact) mass is 556 g/mol. The zero-order chi connectivity index (χ0) is 29.1. The molecule has 206 valence electrons. The molecule has 3 rings (SSSR count). The highest BCUT2D eigenvalue weighted by molar-refractivity contribution is 7.19. The summed E-state index contributed by atoms with van der Waals surface area (Å²) in [5, 5.41) is 28.2. The van der Waals surface area contributed by atoms with Gasteiger partial charge in [0, 0.05) is 22.7 Å². The van der Waals surface area contributed by atoms with Crippen LogP contribution in [0.15, 0.2) is 48.5 Å². The van der Waals surface area contributed by atoms with Gasteiger partial charge in [0.25, 0.3) is 0 Å². The summed E-state index contributed by atoms with van der Waals surface area (Å²) in [4.78, 5) is 46.6. The lowest BCUT2D eigenvalue weighted by molar-refractivity contribution is -0.382. The first-order valence-electron chi connectivity index (χ1n) is 11.7. The highest BCUT2D eigenvalue weighted by Crippen LogP contribution is 2.51. The first kappa shape index (κ1) is 29.0. The Morgan fingerprint density at radius 3 is 1.23 bits per heavy atom. The van der Waals surface area contributed by atoms with Crippen LogP contribution in [0.1, 0.15) is 41.5 Å². The Bertz CT molecular complexity index is 1300. The third-order valence-electron chi connectivity index (χ3n) is 4.84. The van der Waals surface area contributed by atoms with Crippen LogP contribution in [-0.4, -0.2) is 33.2 Å². The van der Waals surface area contributed by atoms with Crippen LogP contribution < -0.4 is 10.6 Å². The van der Waals surface area contributed by atoms with Crippen molar-refractivity contribution in [1.82, 2.24) is 0 Å². The molecule has 1 aromatic heterocycles. The number of anilines is 2. The summed E-state index contributed by atoms with van der Waals surface area (Å²) in [5.74, 6) is 0. The fourth-order valence-electron chi connectivity index (χ4n) is 3.48. The molecular formula is C26H28N4O8S. The lowest BCUT2D eigenvalue weighted by Gasteiger charge is -2.19. The number of hydrogen-bond donors (Lipinski definition) is 2. The maximum absolute atomic E-state index is 12.1. The van der Waals surface area contributed by atoms with E-state index < -0.39 is 43.2 Å². The highest BCUT2D eigenvalue weighted by Gasteiger charge is 2.34. The van der Waals surface area contributed by atoms with E-state index in [1.54, 1.807) is 41.5 Å². The van der Waals surface area contributed by atoms with Crippen LogP contribution in [-0.2, 0) is 9.47 Å². The van der Waals surface area contributed by atoms with Gasteiger partial charge in [-0.3, -0.25) is 30.9 Å². The molecule has 0 saturated heterocycles. The molecule has 0 bridgehead atoms. The van der Waals surface area contributed by atoms with Gasteiger partial charge in [-0.05, 0) is 76.9 Å². The third kappa shape index (κ3) is 7.74. The number of thiophene rings is 1. The lowest BCUT2D eigenvalue weighted by Crippen LogP contribution is -2.27. The average molecular weight is 557 g/mol. The molecular weight excluding hydrogens is 528 g/mol. The summed E-state index contributed by atoms with van der Waals surface area (Å²) >= 11 is 0.457. The van der Waals surface area contributed by atoms with Gasteiger partial charge in [0.1, 0.15) is 11.2 Å². The maximum atomic E-state index is 12.1. The second-order valence-corrected chi connectivity index (χ2v) is 11.4. The van der Waals surface area contributed by atoms with Crippen molar-refractivity contribution in [1.29, 1.82) is 0 Å². The number of ether oxygens (including phenoxy) is 2. The number of amides is 2. The van der Waals surface area contributed by atoms with E-state index in [9.17, 15) is 29.8 Å². The van der Waals surface area contributed by atoms with Gasteiger partial charge in [0.2, 0.25) is 0 Å². The second-order valence-electron chi connectivity index (χ2n) is 10.4. The van der Waals surface area contributed by atoms with E-state index in [1.807, 2.05) is 0 Å². The Morgan fingerprint density at radius 1 is 0.667 bits per heavy atom. The first-order chi connectivity index (χ1) is 18.0. The van der Waals surface area contributed by atoms with E-state index in [1.165, 1.54) is 48.5 Å². The van der Waals surface area contributed by atoms with Gasteiger partial charge in [-0.2, -0.15) is 0 Å². The fraction of sp³-hybridized carbons (Fsp3) is 0.308. The smallest absolute Gasteiger partial charge is 0.412 e. The molecule has 3 aromatic rings. The second kappa shape index (κ2) is 11.1. The fourth-order valence-corrected chi connectivity index (χ4v) is 4.46. The molecule has 0 unspecified atom stereocenters. The molecule has 13 heteroatoms. The van der Waals surface area contributed by atoms with Crippen molar-refractivity contribution in [2.75, 3.05) is 10.6 Å². The predicted molar refractivity (Wildman–Crippen MR) is 148 cm³/mol. The predicted octanol–water partition coefficient (Wildman–Crippen LogP) is 7.59. The average Bonchev–Trinajstić information content (AvgIpc) is 3.19. The number of nitrogens with one attached hydrogen (secondary N) is 2. The lowest BCUT2D eigenvalue weighted by atomic mass is 9.97. The molecule has 2 aromatic carbocycles. The van der Waals surface area contributed by atoms with E-state index in [4.69, 9.17) is 9.47 Å². The van der Waals surface area contributed by atoms with Gasteiger partial charge in [0.05, 0.1) is 21.0 Å². The standard InChI is InChI=1S/C26H28N4O8S/c1-25(2,3)37-23(31)27-17-11-7-15(8-12-17)19-20(22(30(35)36)39-21(19)29(33)34)16-9-13-18(14-10-16)28-24(32)38-26(4,5)6/h7-14H,1-6H3,(H,27,31)(H,28,32). The largest absolute Gasteiger partial charge is 0.444 e. The molecule has 0 aliphatic carbocycles. The molecule has 12 nitrogen and oxygen atoms in total. The van der Waals surface area contributed by atoms with Gasteiger partial charge >= 0.3 is 22.2 Å². The number of rotatable bonds is 6. The summed E-state index contributed by atoms with van der Waals surface area (Å²) in [6, 6.07) is 12.2. The van der Waals surface area contributed by atoms with E-state index >= 15 is 0 Å². The number of hydrogen-bond acceptors (Lipinski definition) is 9. The van der Waals surface area contributed by atoms with Crippen LogP contribution in [0, 0.1) is 20.2 Å². The van der Waals surface area contributed by atoms with Crippen molar-refractivity contribution in [2.24, 2.45) is 0 Å². The summed E-state index contributed by atoms with van der Waals surface area (Å²) in [6.45, 7) is 10.3. The van der Waals surface area contributed by atoms with Crippen molar-refractivity contribution in [2.45, 2.75) is 52.7 Å². The number of nitrogens with zero attached hydrogens (tertiary/aromatic N) is 2. The third-order valence-corrected chi connectivity index (χ3v) is 5.93. The molecule has 0 fully saturated rings. The topological polar surface area (TPSA) is 163 Å². The van der Waals surface area contributed by atoms with E-state index in [-0.39, 0.29) is 11.1 Å². The number of nitro groups is 2. The summed E-state index contributed by atoms with van der Waals surface area (Å²) in [6.07, 6.45) is -1.35. The van der Waals surface area contributed by atoms with Gasteiger partial charge in [-0.15, -0.1) is 0 Å². The summed E-state index contributed by atoms with van der Waals surface area (Å²) < 4.78 is 10.4. The molecule has 1 heterocycles. The summed E-state index contributed by atoms with van der Waals surface area (Å²) in [7, 11) is 0. The zero-order valence-corrected chi connectivity index (χ0v) is 23.0. The Labute approximate surface area is 228 Å². The Kier molecular flexibility index (Phi) is 8.25. The minimum atomic E-state index is -0.701. The van der Waals surface area contributed by atoms with Crippen LogP contribution in [0.2, 0.25) is 0 Å². The number of benzene rings is 2. The molecule has 0 aliphatic heterocycles. The van der Waals surface area contributed by atoms with Crippen molar-refractivity contribution in [3.8, 4) is 22.3 Å². The maximum Gasteiger partial charge on any atom is 0.412 e. The number of carbonyl (C=O) groups excluding carboxylic acids is 2. The molecule has 39 heavy (non-hydrogen) atoms. The van der Waals surface area contributed by atoms with Crippen LogP contribution >= 0.6 is 11.3 Å². The van der Waals surface area contributed by atoms with Crippen LogP contribution in [0.25, 0.3) is 22.3 Å². The normalized spacial score (nSPS) is 11.4. The minimum Gasteiger partial charge on any atom is -0.444 e. The van der Waals surface area contributed by atoms with Crippen molar-refractivity contribution in [3.63, 3.8) is 0 Å². The molecule has 0 aliphatic rings. The Morgan fingerprint density at radius 2 is 0.974 bits per heavy atom. The molecule has 2 N–H and O–H groups in total. The van der Waals surface area contributed by atoms with E-state index in [0.717, 1.165) is 0 Å². The van der Waals surface area contributed by atoms with Crippen molar-refractivity contribution in [3.05, 3.63) is 68.8 Å². The van der Waals surface area contributed by atoms with Crippen LogP contribution in [0.4, 0.5) is 31.0 Å². The first-order valence-corrected chi connectivity index (χ1v) is 12.5.